The molecular formula is C5H3N3O3. The lowest BCUT2D eigenvalue weighted by Gasteiger charge is -1.85. The number of carbonyl (C=O) groups is 2. The third-order valence-electron chi connectivity index (χ3n) is 1.43. The first kappa shape index (κ1) is 5.90. The maximum atomic E-state index is 10.8. The Morgan fingerprint density at radius 1 is 1.27 bits per heavy atom. The summed E-state index contributed by atoms with van der Waals surface area (Å²) in [6, 6.07) is -0.698. The maximum Gasteiger partial charge on any atom is 0.337 e. The van der Waals surface area contributed by atoms with E-state index in [4.69, 9.17) is 0 Å². The van der Waals surface area contributed by atoms with Gasteiger partial charge in [-0.3, -0.25) is 10.1 Å². The fourth-order valence-electron chi connectivity index (χ4n) is 0.954. The molecule has 2 amide bonds. The highest BCUT2D eigenvalue weighted by Crippen LogP contribution is 2.00. The Hall–Kier alpha value is -1.85. The first-order valence-corrected chi connectivity index (χ1v) is 2.86. The van der Waals surface area contributed by atoms with Gasteiger partial charge in [0.2, 0.25) is 0 Å². The molecule has 2 N–H and O–H groups in total. The van der Waals surface area contributed by atoms with Crippen LogP contribution in [-0.2, 0) is 0 Å². The van der Waals surface area contributed by atoms with E-state index in [1.165, 1.54) is 6.20 Å². The number of aromatic amines is 1. The molecule has 0 spiro atoms. The summed E-state index contributed by atoms with van der Waals surface area (Å²) in [6.07, 6.45) is 1.20. The van der Waals surface area contributed by atoms with Gasteiger partial charge in [-0.2, -0.15) is 0 Å². The molecule has 0 bridgehead atoms. The van der Waals surface area contributed by atoms with Crippen LogP contribution in [0, 0.1) is 0 Å². The zero-order valence-corrected chi connectivity index (χ0v) is 5.25. The van der Waals surface area contributed by atoms with Crippen LogP contribution in [0.3, 0.4) is 0 Å². The van der Waals surface area contributed by atoms with Crippen molar-refractivity contribution < 1.29 is 9.59 Å². The molecule has 0 aromatic carbocycles. The number of fused-ring (bicyclic) bond motifs is 1. The number of imide groups is 1. The number of nitrogens with zero attached hydrogens (tertiary/aromatic N) is 1. The lowest BCUT2D eigenvalue weighted by atomic mass is 10.5. The summed E-state index contributed by atoms with van der Waals surface area (Å²) in [5.74, 6) is -0.548. The molecular weight excluding hydrogens is 150 g/mol. The number of amides is 2. The predicted molar refractivity (Wildman–Crippen MR) is 33.3 cm³/mol. The molecule has 6 heteroatoms. The van der Waals surface area contributed by atoms with Crippen LogP contribution in [0.15, 0.2) is 11.0 Å². The molecule has 56 valence electrons. The summed E-state index contributed by atoms with van der Waals surface area (Å²) >= 11 is 0. The van der Waals surface area contributed by atoms with Crippen LogP contribution in [0.4, 0.5) is 4.79 Å². The molecule has 1 aromatic heterocycles. The van der Waals surface area contributed by atoms with Gasteiger partial charge in [-0.05, 0) is 0 Å². The molecule has 1 aliphatic rings. The number of carbonyl (C=O) groups excluding carboxylic acids is 2. The van der Waals surface area contributed by atoms with Gasteiger partial charge in [0.1, 0.15) is 5.69 Å². The van der Waals surface area contributed by atoms with Crippen molar-refractivity contribution in [1.29, 1.82) is 0 Å². The fraction of sp³-hybridized carbons (Fsp3) is 0. The van der Waals surface area contributed by atoms with E-state index in [9.17, 15) is 14.4 Å². The Labute approximate surface area is 59.8 Å². The van der Waals surface area contributed by atoms with E-state index in [1.54, 1.807) is 0 Å². The first-order valence-electron chi connectivity index (χ1n) is 2.86. The third kappa shape index (κ3) is 0.575. The van der Waals surface area contributed by atoms with Gasteiger partial charge in [-0.1, -0.05) is 0 Å². The SMILES string of the molecule is O=C1NC(=O)n2c1c[nH]c2=O. The highest BCUT2D eigenvalue weighted by atomic mass is 16.2. The van der Waals surface area contributed by atoms with E-state index in [0.29, 0.717) is 0 Å². The van der Waals surface area contributed by atoms with Crippen LogP contribution in [-0.4, -0.2) is 21.5 Å². The average Bonchev–Trinajstić information content (AvgIpc) is 2.41. The Morgan fingerprint density at radius 3 is 2.64 bits per heavy atom. The molecule has 1 aromatic rings. The third-order valence-corrected chi connectivity index (χ3v) is 1.43. The zero-order chi connectivity index (χ0) is 8.01. The largest absolute Gasteiger partial charge is 0.337 e. The second-order valence-electron chi connectivity index (χ2n) is 2.07. The van der Waals surface area contributed by atoms with Gasteiger partial charge in [0.15, 0.2) is 0 Å². The normalized spacial score (nSPS) is 14.9. The predicted octanol–water partition coefficient (Wildman–Crippen LogP) is -1.11. The van der Waals surface area contributed by atoms with Crippen LogP contribution in [0.2, 0.25) is 0 Å². The molecule has 2 rings (SSSR count). The minimum atomic E-state index is -0.698. The summed E-state index contributed by atoms with van der Waals surface area (Å²) in [7, 11) is 0. The van der Waals surface area contributed by atoms with Crippen molar-refractivity contribution >= 4 is 11.9 Å². The second-order valence-corrected chi connectivity index (χ2v) is 2.07. The fourth-order valence-corrected chi connectivity index (χ4v) is 0.954. The Morgan fingerprint density at radius 2 is 2.00 bits per heavy atom. The average molecular weight is 153 g/mol. The van der Waals surface area contributed by atoms with Gasteiger partial charge >= 0.3 is 11.7 Å². The van der Waals surface area contributed by atoms with Crippen LogP contribution in [0.1, 0.15) is 10.5 Å². The van der Waals surface area contributed by atoms with Crippen LogP contribution >= 0.6 is 0 Å². The topological polar surface area (TPSA) is 84.0 Å². The lowest BCUT2D eigenvalue weighted by molar-refractivity contribution is 0.0976. The molecule has 0 saturated carbocycles. The van der Waals surface area contributed by atoms with Gasteiger partial charge in [-0.15, -0.1) is 0 Å². The van der Waals surface area contributed by atoms with Crippen molar-refractivity contribution in [1.82, 2.24) is 14.9 Å². The van der Waals surface area contributed by atoms with Crippen molar-refractivity contribution in [2.75, 3.05) is 0 Å². The molecule has 0 atom stereocenters. The minimum Gasteiger partial charge on any atom is -0.311 e. The van der Waals surface area contributed by atoms with E-state index < -0.39 is 17.6 Å². The highest BCUT2D eigenvalue weighted by Gasteiger charge is 2.28. The Balaban J connectivity index is 2.82. The van der Waals surface area contributed by atoms with E-state index >= 15 is 0 Å². The van der Waals surface area contributed by atoms with Crippen molar-refractivity contribution in [3.05, 3.63) is 22.4 Å². The summed E-state index contributed by atoms with van der Waals surface area (Å²) in [5.41, 5.74) is -0.539. The molecule has 0 fully saturated rings. The van der Waals surface area contributed by atoms with E-state index in [0.717, 1.165) is 4.57 Å². The van der Waals surface area contributed by atoms with Gasteiger partial charge in [0, 0.05) is 6.20 Å². The Kier molecular flexibility index (Phi) is 0.857. The number of H-pyrrole nitrogens is 1. The van der Waals surface area contributed by atoms with Crippen LogP contribution in [0.5, 0.6) is 0 Å². The maximum absolute atomic E-state index is 10.8. The zero-order valence-electron chi connectivity index (χ0n) is 5.25. The molecule has 1 aliphatic heterocycles. The standard InChI is InChI=1S/C5H3N3O3/c9-3-2-1-6-4(10)8(2)5(11)7-3/h1H,(H,6,10)(H,7,9,11). The van der Waals surface area contributed by atoms with E-state index in [-0.39, 0.29) is 5.69 Å². The molecule has 6 nitrogen and oxygen atoms in total. The number of hydrogen-bond donors (Lipinski definition) is 2. The molecule has 0 unspecified atom stereocenters. The quantitative estimate of drug-likeness (QED) is 0.495. The minimum absolute atomic E-state index is 0.0556. The smallest absolute Gasteiger partial charge is 0.311 e. The summed E-state index contributed by atoms with van der Waals surface area (Å²) in [6.45, 7) is 0. The van der Waals surface area contributed by atoms with E-state index in [2.05, 4.69) is 4.98 Å². The first-order chi connectivity index (χ1) is 5.20. The van der Waals surface area contributed by atoms with Crippen molar-refractivity contribution in [3.8, 4) is 0 Å². The second kappa shape index (κ2) is 1.60. The summed E-state index contributed by atoms with van der Waals surface area (Å²) in [5, 5.41) is 1.97. The number of hydrogen-bond acceptors (Lipinski definition) is 3. The van der Waals surface area contributed by atoms with Crippen molar-refractivity contribution in [3.63, 3.8) is 0 Å². The van der Waals surface area contributed by atoms with Gasteiger partial charge in [-0.25, -0.2) is 14.2 Å². The molecule has 2 heterocycles. The number of aromatic nitrogens is 2. The summed E-state index contributed by atoms with van der Waals surface area (Å²) < 4.78 is 0.752. The number of imidazole rings is 1. The molecule has 0 aliphatic carbocycles. The highest BCUT2D eigenvalue weighted by molar-refractivity contribution is 6.10. The lowest BCUT2D eigenvalue weighted by Crippen LogP contribution is -2.28. The monoisotopic (exact) mass is 153 g/mol. The van der Waals surface area contributed by atoms with E-state index in [1.807, 2.05) is 5.32 Å². The number of nitrogens with one attached hydrogen (secondary N) is 2. The van der Waals surface area contributed by atoms with Crippen LogP contribution in [0.25, 0.3) is 0 Å². The molecule has 0 radical (unpaired) electrons. The van der Waals surface area contributed by atoms with Gasteiger partial charge in [0.25, 0.3) is 5.91 Å². The van der Waals surface area contributed by atoms with Gasteiger partial charge in [0.05, 0.1) is 0 Å². The van der Waals surface area contributed by atoms with Crippen molar-refractivity contribution in [2.45, 2.75) is 0 Å². The van der Waals surface area contributed by atoms with Gasteiger partial charge < -0.3 is 4.98 Å². The molecule has 0 saturated heterocycles. The summed E-state index contributed by atoms with van der Waals surface area (Å²) in [4.78, 5) is 34.5. The molecule has 11 heavy (non-hydrogen) atoms. The van der Waals surface area contributed by atoms with Crippen LogP contribution < -0.4 is 11.0 Å². The number of rotatable bonds is 0. The van der Waals surface area contributed by atoms with Crippen molar-refractivity contribution in [2.24, 2.45) is 0 Å². The Bertz CT molecular complexity index is 399.